The third-order valence-corrected chi connectivity index (χ3v) is 1.65. The quantitative estimate of drug-likeness (QED) is 0.683. The summed E-state index contributed by atoms with van der Waals surface area (Å²) in [7, 11) is 0. The van der Waals surface area contributed by atoms with E-state index in [9.17, 15) is 0 Å². The third-order valence-electron chi connectivity index (χ3n) is 1.65. The highest BCUT2D eigenvalue weighted by atomic mass is 16.3. The molecule has 0 aliphatic carbocycles. The zero-order valence-electron chi connectivity index (χ0n) is 7.04. The van der Waals surface area contributed by atoms with Crippen LogP contribution in [0.25, 0.3) is 0 Å². The Morgan fingerprint density at radius 3 is 2.27 bits per heavy atom. The van der Waals surface area contributed by atoms with Crippen molar-refractivity contribution < 1.29 is 5.11 Å². The van der Waals surface area contributed by atoms with Crippen LogP contribution in [0.3, 0.4) is 0 Å². The van der Waals surface area contributed by atoms with E-state index in [-0.39, 0.29) is 6.10 Å². The summed E-state index contributed by atoms with van der Waals surface area (Å²) >= 11 is 0. The van der Waals surface area contributed by atoms with Crippen LogP contribution in [0.1, 0.15) is 18.1 Å². The highest BCUT2D eigenvalue weighted by Crippen LogP contribution is 2.05. The van der Waals surface area contributed by atoms with Crippen molar-refractivity contribution in [1.29, 1.82) is 0 Å². The lowest BCUT2D eigenvalue weighted by Gasteiger charge is -2.03. The molecule has 0 aromatic heterocycles. The molecule has 0 heterocycles. The van der Waals surface area contributed by atoms with E-state index in [4.69, 9.17) is 5.11 Å². The normalized spacial score (nSPS) is 13.0. The number of hydrogen-bond donors (Lipinski definition) is 1. The van der Waals surface area contributed by atoms with E-state index in [1.165, 1.54) is 11.1 Å². The maximum atomic E-state index is 9.08. The average Bonchev–Trinajstić information content (AvgIpc) is 1.93. The zero-order valence-corrected chi connectivity index (χ0v) is 7.04. The van der Waals surface area contributed by atoms with E-state index in [1.54, 1.807) is 6.92 Å². The molecule has 1 nitrogen and oxygen atoms in total. The first-order chi connectivity index (χ1) is 5.18. The van der Waals surface area contributed by atoms with Crippen LogP contribution in [-0.2, 0) is 6.42 Å². The van der Waals surface area contributed by atoms with Gasteiger partial charge in [0.25, 0.3) is 0 Å². The summed E-state index contributed by atoms with van der Waals surface area (Å²) in [4.78, 5) is 0. The molecule has 0 aliphatic heterocycles. The molecule has 0 saturated carbocycles. The second kappa shape index (κ2) is 3.54. The minimum atomic E-state index is -0.238. The summed E-state index contributed by atoms with van der Waals surface area (Å²) in [5, 5.41) is 9.08. The fourth-order valence-corrected chi connectivity index (χ4v) is 1.07. The maximum absolute atomic E-state index is 9.08. The first-order valence-electron chi connectivity index (χ1n) is 3.92. The molecule has 1 heteroatoms. The summed E-state index contributed by atoms with van der Waals surface area (Å²) in [6.07, 6.45) is 0.512. The molecule has 1 atom stereocenters. The van der Waals surface area contributed by atoms with Crippen molar-refractivity contribution >= 4 is 0 Å². The van der Waals surface area contributed by atoms with Crippen LogP contribution < -0.4 is 0 Å². The molecule has 0 aliphatic rings. The highest BCUT2D eigenvalue weighted by molar-refractivity contribution is 5.21. The lowest BCUT2D eigenvalue weighted by atomic mass is 10.1. The Balaban J connectivity index is 2.66. The fraction of sp³-hybridized carbons (Fsp3) is 0.400. The van der Waals surface area contributed by atoms with E-state index in [2.05, 4.69) is 31.2 Å². The molecular formula is C10H14O. The van der Waals surface area contributed by atoms with E-state index < -0.39 is 0 Å². The predicted molar refractivity (Wildman–Crippen MR) is 46.6 cm³/mol. The molecule has 0 amide bonds. The van der Waals surface area contributed by atoms with Crippen LogP contribution in [0.5, 0.6) is 0 Å². The van der Waals surface area contributed by atoms with Crippen LogP contribution in [0.2, 0.25) is 0 Å². The number of rotatable bonds is 2. The Kier molecular flexibility index (Phi) is 2.66. The van der Waals surface area contributed by atoms with Crippen molar-refractivity contribution in [2.45, 2.75) is 26.4 Å². The van der Waals surface area contributed by atoms with E-state index in [0.717, 1.165) is 6.42 Å². The molecule has 1 N–H and O–H groups in total. The van der Waals surface area contributed by atoms with Crippen LogP contribution in [-0.4, -0.2) is 11.2 Å². The molecule has 1 aromatic rings. The first-order valence-corrected chi connectivity index (χ1v) is 3.92. The van der Waals surface area contributed by atoms with Gasteiger partial charge in [0.2, 0.25) is 0 Å². The molecule has 11 heavy (non-hydrogen) atoms. The average molecular weight is 150 g/mol. The van der Waals surface area contributed by atoms with Gasteiger partial charge in [-0.2, -0.15) is 0 Å². The lowest BCUT2D eigenvalue weighted by Crippen LogP contribution is -2.03. The molecule has 0 fully saturated rings. The second-order valence-electron chi connectivity index (χ2n) is 3.04. The monoisotopic (exact) mass is 150 g/mol. The van der Waals surface area contributed by atoms with Gasteiger partial charge in [0.15, 0.2) is 0 Å². The van der Waals surface area contributed by atoms with Gasteiger partial charge in [-0.1, -0.05) is 29.8 Å². The van der Waals surface area contributed by atoms with Crippen LogP contribution >= 0.6 is 0 Å². The van der Waals surface area contributed by atoms with Gasteiger partial charge >= 0.3 is 0 Å². The van der Waals surface area contributed by atoms with Crippen molar-refractivity contribution in [2.75, 3.05) is 0 Å². The van der Waals surface area contributed by atoms with Gasteiger partial charge in [0.1, 0.15) is 0 Å². The molecule has 0 spiro atoms. The van der Waals surface area contributed by atoms with Crippen molar-refractivity contribution in [3.05, 3.63) is 35.4 Å². The fourth-order valence-electron chi connectivity index (χ4n) is 1.07. The summed E-state index contributed by atoms with van der Waals surface area (Å²) in [5.41, 5.74) is 2.46. The minimum absolute atomic E-state index is 0.238. The summed E-state index contributed by atoms with van der Waals surface area (Å²) < 4.78 is 0. The molecular weight excluding hydrogens is 136 g/mol. The number of aliphatic hydroxyl groups excluding tert-OH is 1. The van der Waals surface area contributed by atoms with Crippen LogP contribution in [0.4, 0.5) is 0 Å². The van der Waals surface area contributed by atoms with Crippen molar-refractivity contribution in [3.8, 4) is 0 Å². The molecule has 1 unspecified atom stereocenters. The maximum Gasteiger partial charge on any atom is 0.0552 e. The smallest absolute Gasteiger partial charge is 0.0552 e. The molecule has 60 valence electrons. The van der Waals surface area contributed by atoms with Gasteiger partial charge in [-0.15, -0.1) is 0 Å². The molecule has 1 rings (SSSR count). The van der Waals surface area contributed by atoms with E-state index in [0.29, 0.717) is 0 Å². The van der Waals surface area contributed by atoms with Gasteiger partial charge in [0.05, 0.1) is 6.10 Å². The van der Waals surface area contributed by atoms with E-state index in [1.807, 2.05) is 0 Å². The standard InChI is InChI=1S/C10H14O/c1-8-3-5-10(6-4-8)7-9(2)11/h3-6,9,11H,7H2,1-2H3. The first kappa shape index (κ1) is 8.28. The Bertz CT molecular complexity index is 211. The van der Waals surface area contributed by atoms with Gasteiger partial charge in [-0.05, 0) is 25.8 Å². The van der Waals surface area contributed by atoms with Gasteiger partial charge in [-0.25, -0.2) is 0 Å². The largest absolute Gasteiger partial charge is 0.393 e. The minimum Gasteiger partial charge on any atom is -0.393 e. The number of aryl methyl sites for hydroxylation is 1. The van der Waals surface area contributed by atoms with Crippen molar-refractivity contribution in [3.63, 3.8) is 0 Å². The van der Waals surface area contributed by atoms with Crippen molar-refractivity contribution in [2.24, 2.45) is 0 Å². The molecule has 1 aromatic carbocycles. The number of benzene rings is 1. The van der Waals surface area contributed by atoms with E-state index >= 15 is 0 Å². The van der Waals surface area contributed by atoms with Gasteiger partial charge in [-0.3, -0.25) is 0 Å². The molecule has 0 radical (unpaired) electrons. The summed E-state index contributed by atoms with van der Waals surface area (Å²) in [5.74, 6) is 0. The SMILES string of the molecule is Cc1ccc(CC(C)O)cc1. The van der Waals surface area contributed by atoms with Gasteiger partial charge in [0, 0.05) is 0 Å². The van der Waals surface area contributed by atoms with Crippen LogP contribution in [0.15, 0.2) is 24.3 Å². The third kappa shape index (κ3) is 2.72. The molecule has 0 bridgehead atoms. The van der Waals surface area contributed by atoms with Crippen molar-refractivity contribution in [1.82, 2.24) is 0 Å². The second-order valence-corrected chi connectivity index (χ2v) is 3.04. The van der Waals surface area contributed by atoms with Crippen LogP contribution in [0, 0.1) is 6.92 Å². The lowest BCUT2D eigenvalue weighted by molar-refractivity contribution is 0.195. The Labute approximate surface area is 67.7 Å². The number of hydrogen-bond acceptors (Lipinski definition) is 1. The zero-order chi connectivity index (χ0) is 8.27. The van der Waals surface area contributed by atoms with Gasteiger partial charge < -0.3 is 5.11 Å². The summed E-state index contributed by atoms with van der Waals surface area (Å²) in [6.45, 7) is 3.87. The Morgan fingerprint density at radius 1 is 1.27 bits per heavy atom. The molecule has 0 saturated heterocycles. The number of aliphatic hydroxyl groups is 1. The highest BCUT2D eigenvalue weighted by Gasteiger charge is 1.96. The Hall–Kier alpha value is -0.820. The Morgan fingerprint density at radius 2 is 1.82 bits per heavy atom. The summed E-state index contributed by atoms with van der Waals surface area (Å²) in [6, 6.07) is 8.25. The predicted octanol–water partition coefficient (Wildman–Crippen LogP) is 1.92. The topological polar surface area (TPSA) is 20.2 Å².